The number of rotatable bonds is 3. The van der Waals surface area contributed by atoms with Gasteiger partial charge >= 0.3 is 5.97 Å². The summed E-state index contributed by atoms with van der Waals surface area (Å²) in [4.78, 5) is 11.5. The first-order valence-corrected chi connectivity index (χ1v) is 5.34. The van der Waals surface area contributed by atoms with Crippen molar-refractivity contribution in [3.63, 3.8) is 0 Å². The van der Waals surface area contributed by atoms with Crippen LogP contribution in [0.1, 0.15) is 48.2 Å². The molecule has 0 saturated carbocycles. The van der Waals surface area contributed by atoms with Crippen molar-refractivity contribution in [2.75, 3.05) is 6.61 Å². The lowest BCUT2D eigenvalue weighted by molar-refractivity contribution is 0.0526. The van der Waals surface area contributed by atoms with Crippen LogP contribution in [0, 0.1) is 6.92 Å². The second kappa shape index (κ2) is 4.96. The normalized spacial score (nSPS) is 10.5. The third kappa shape index (κ3) is 2.82. The van der Waals surface area contributed by atoms with Crippen LogP contribution in [0.3, 0.4) is 0 Å². The van der Waals surface area contributed by atoms with Crippen molar-refractivity contribution >= 4 is 5.97 Å². The number of benzene rings is 1. The van der Waals surface area contributed by atoms with Crippen LogP contribution in [0.25, 0.3) is 0 Å². The Morgan fingerprint density at radius 1 is 1.40 bits per heavy atom. The summed E-state index contributed by atoms with van der Waals surface area (Å²) < 4.78 is 4.94. The maximum Gasteiger partial charge on any atom is 0.338 e. The van der Waals surface area contributed by atoms with Crippen molar-refractivity contribution in [2.24, 2.45) is 0 Å². The van der Waals surface area contributed by atoms with Crippen molar-refractivity contribution in [3.8, 4) is 0 Å². The highest BCUT2D eigenvalue weighted by molar-refractivity contribution is 5.89. The van der Waals surface area contributed by atoms with E-state index in [4.69, 9.17) is 4.74 Å². The molecule has 2 nitrogen and oxygen atoms in total. The molecule has 0 heterocycles. The molecule has 0 fully saturated rings. The molecule has 0 N–H and O–H groups in total. The minimum absolute atomic E-state index is 0.240. The third-order valence-corrected chi connectivity index (χ3v) is 2.40. The third-order valence-electron chi connectivity index (χ3n) is 2.40. The summed E-state index contributed by atoms with van der Waals surface area (Å²) in [5.41, 5.74) is 3.07. The Bertz CT molecular complexity index is 354. The molecule has 0 amide bonds. The Kier molecular flexibility index (Phi) is 3.89. The molecule has 1 aromatic carbocycles. The Morgan fingerprint density at radius 2 is 2.07 bits per heavy atom. The van der Waals surface area contributed by atoms with Crippen LogP contribution in [-0.4, -0.2) is 12.6 Å². The summed E-state index contributed by atoms with van der Waals surface area (Å²) in [5.74, 6) is 0.247. The molecule has 0 saturated heterocycles. The van der Waals surface area contributed by atoms with Gasteiger partial charge in [0.1, 0.15) is 0 Å². The number of carbonyl (C=O) groups is 1. The average molecular weight is 206 g/mol. The number of hydrogen-bond acceptors (Lipinski definition) is 2. The Hall–Kier alpha value is -1.31. The molecule has 0 unspecified atom stereocenters. The predicted octanol–water partition coefficient (Wildman–Crippen LogP) is 3.30. The summed E-state index contributed by atoms with van der Waals surface area (Å²) in [5, 5.41) is 0. The Balaban J connectivity index is 2.96. The maximum absolute atomic E-state index is 11.5. The van der Waals surface area contributed by atoms with Crippen molar-refractivity contribution in [1.82, 2.24) is 0 Å². The number of ether oxygens (including phenoxy) is 1. The molecule has 15 heavy (non-hydrogen) atoms. The molecule has 2 heteroatoms. The van der Waals surface area contributed by atoms with Gasteiger partial charge in [0, 0.05) is 0 Å². The van der Waals surface area contributed by atoms with Crippen molar-refractivity contribution in [1.29, 1.82) is 0 Å². The van der Waals surface area contributed by atoms with Crippen LogP contribution in [-0.2, 0) is 4.74 Å². The quantitative estimate of drug-likeness (QED) is 0.709. The van der Waals surface area contributed by atoms with Gasteiger partial charge in [0.05, 0.1) is 12.2 Å². The molecular formula is C13H18O2. The summed E-state index contributed by atoms with van der Waals surface area (Å²) in [6.07, 6.45) is 0. The van der Waals surface area contributed by atoms with Gasteiger partial charge < -0.3 is 4.74 Å². The van der Waals surface area contributed by atoms with E-state index < -0.39 is 0 Å². The van der Waals surface area contributed by atoms with E-state index in [1.54, 1.807) is 0 Å². The number of hydrogen-bond donors (Lipinski definition) is 0. The van der Waals surface area contributed by atoms with E-state index in [1.165, 1.54) is 5.56 Å². The minimum atomic E-state index is -0.240. The zero-order valence-electron chi connectivity index (χ0n) is 9.83. The van der Waals surface area contributed by atoms with Crippen molar-refractivity contribution in [3.05, 3.63) is 34.9 Å². The van der Waals surface area contributed by atoms with Crippen LogP contribution >= 0.6 is 0 Å². The van der Waals surface area contributed by atoms with Gasteiger partial charge in [-0.2, -0.15) is 0 Å². The Morgan fingerprint density at radius 3 is 2.53 bits per heavy atom. The lowest BCUT2D eigenvalue weighted by atomic mass is 9.96. The second-order valence-corrected chi connectivity index (χ2v) is 3.95. The summed E-state index contributed by atoms with van der Waals surface area (Å²) in [7, 11) is 0. The lowest BCUT2D eigenvalue weighted by Crippen LogP contribution is -2.05. The van der Waals surface area contributed by atoms with E-state index >= 15 is 0 Å². The zero-order chi connectivity index (χ0) is 11.4. The Labute approximate surface area is 91.3 Å². The van der Waals surface area contributed by atoms with E-state index in [1.807, 2.05) is 32.0 Å². The van der Waals surface area contributed by atoms with Gasteiger partial charge in [-0.15, -0.1) is 0 Å². The van der Waals surface area contributed by atoms with Crippen LogP contribution in [0.2, 0.25) is 0 Å². The molecule has 0 spiro atoms. The first-order valence-electron chi connectivity index (χ1n) is 5.34. The van der Waals surface area contributed by atoms with Crippen LogP contribution in [0.4, 0.5) is 0 Å². The molecule has 0 atom stereocenters. The molecule has 1 rings (SSSR count). The number of esters is 1. The molecule has 0 aromatic heterocycles. The molecule has 0 bridgehead atoms. The molecular weight excluding hydrogens is 188 g/mol. The number of carbonyl (C=O) groups excluding carboxylic acids is 1. The highest BCUT2D eigenvalue weighted by Crippen LogP contribution is 2.20. The first-order chi connectivity index (χ1) is 7.06. The largest absolute Gasteiger partial charge is 0.462 e. The van der Waals surface area contributed by atoms with Crippen molar-refractivity contribution < 1.29 is 9.53 Å². The van der Waals surface area contributed by atoms with Gasteiger partial charge in [-0.3, -0.25) is 0 Å². The standard InChI is InChI=1S/C13H18O2/c1-5-15-13(14)11-6-7-12(9(2)3)10(4)8-11/h6-9H,5H2,1-4H3. The van der Waals surface area contributed by atoms with E-state index in [0.29, 0.717) is 18.1 Å². The van der Waals surface area contributed by atoms with E-state index in [2.05, 4.69) is 13.8 Å². The summed E-state index contributed by atoms with van der Waals surface area (Å²) >= 11 is 0. The number of aryl methyl sites for hydroxylation is 1. The van der Waals surface area contributed by atoms with Crippen LogP contribution < -0.4 is 0 Å². The summed E-state index contributed by atoms with van der Waals surface area (Å²) in [6, 6.07) is 5.74. The predicted molar refractivity (Wildman–Crippen MR) is 61.2 cm³/mol. The molecule has 1 aromatic rings. The van der Waals surface area contributed by atoms with Gasteiger partial charge in [0.15, 0.2) is 0 Å². The van der Waals surface area contributed by atoms with Gasteiger partial charge in [0.25, 0.3) is 0 Å². The molecule has 0 radical (unpaired) electrons. The average Bonchev–Trinajstić information content (AvgIpc) is 2.17. The van der Waals surface area contributed by atoms with Crippen LogP contribution in [0.5, 0.6) is 0 Å². The maximum atomic E-state index is 11.5. The fraction of sp³-hybridized carbons (Fsp3) is 0.462. The van der Waals surface area contributed by atoms with Crippen LogP contribution in [0.15, 0.2) is 18.2 Å². The molecule has 0 aliphatic rings. The van der Waals surface area contributed by atoms with Gasteiger partial charge in [-0.1, -0.05) is 19.9 Å². The monoisotopic (exact) mass is 206 g/mol. The van der Waals surface area contributed by atoms with Crippen molar-refractivity contribution in [2.45, 2.75) is 33.6 Å². The van der Waals surface area contributed by atoms with E-state index in [9.17, 15) is 4.79 Å². The first kappa shape index (κ1) is 11.8. The molecule has 0 aliphatic carbocycles. The minimum Gasteiger partial charge on any atom is -0.462 e. The fourth-order valence-electron chi connectivity index (χ4n) is 1.66. The fourth-order valence-corrected chi connectivity index (χ4v) is 1.66. The smallest absolute Gasteiger partial charge is 0.338 e. The summed E-state index contributed by atoms with van der Waals surface area (Å²) in [6.45, 7) is 8.55. The van der Waals surface area contributed by atoms with E-state index in [-0.39, 0.29) is 5.97 Å². The highest BCUT2D eigenvalue weighted by Gasteiger charge is 2.09. The SMILES string of the molecule is CCOC(=O)c1ccc(C(C)C)c(C)c1. The topological polar surface area (TPSA) is 26.3 Å². The van der Waals surface area contributed by atoms with E-state index in [0.717, 1.165) is 5.56 Å². The molecule has 82 valence electrons. The van der Waals surface area contributed by atoms with Gasteiger partial charge in [-0.25, -0.2) is 4.79 Å². The second-order valence-electron chi connectivity index (χ2n) is 3.95. The van der Waals surface area contributed by atoms with Gasteiger partial charge in [-0.05, 0) is 43.0 Å². The molecule has 0 aliphatic heterocycles. The zero-order valence-corrected chi connectivity index (χ0v) is 9.83. The van der Waals surface area contributed by atoms with Gasteiger partial charge in [0.2, 0.25) is 0 Å². The highest BCUT2D eigenvalue weighted by atomic mass is 16.5. The lowest BCUT2D eigenvalue weighted by Gasteiger charge is -2.10.